The van der Waals surface area contributed by atoms with Crippen molar-refractivity contribution in [2.45, 2.75) is 27.2 Å². The molecule has 0 radical (unpaired) electrons. The molecular weight excluding hydrogens is 250 g/mol. The molecule has 1 unspecified atom stereocenters. The summed E-state index contributed by atoms with van der Waals surface area (Å²) in [5.41, 5.74) is 2.55. The van der Waals surface area contributed by atoms with Crippen molar-refractivity contribution in [2.24, 2.45) is 5.92 Å². The molecule has 1 heterocycles. The quantitative estimate of drug-likeness (QED) is 0.925. The summed E-state index contributed by atoms with van der Waals surface area (Å²) in [6.45, 7) is 5.74. The second kappa shape index (κ2) is 6.28. The number of hydrogen-bond acceptors (Lipinski definition) is 3. The van der Waals surface area contributed by atoms with Crippen LogP contribution >= 0.6 is 0 Å². The molecule has 0 fully saturated rings. The first-order valence-electron chi connectivity index (χ1n) is 6.81. The maximum Gasteiger partial charge on any atom is 0.228 e. The van der Waals surface area contributed by atoms with Crippen molar-refractivity contribution in [3.05, 3.63) is 42.2 Å². The van der Waals surface area contributed by atoms with Crippen LogP contribution in [0.2, 0.25) is 0 Å². The van der Waals surface area contributed by atoms with Crippen LogP contribution in [-0.2, 0) is 4.79 Å². The first-order chi connectivity index (χ1) is 9.61. The number of aromatic nitrogens is 2. The molecule has 1 atom stereocenters. The summed E-state index contributed by atoms with van der Waals surface area (Å²) in [6.07, 6.45) is 2.50. The molecule has 2 rings (SSSR count). The van der Waals surface area contributed by atoms with Gasteiger partial charge in [-0.05, 0) is 13.3 Å². The fourth-order valence-corrected chi connectivity index (χ4v) is 1.78. The van der Waals surface area contributed by atoms with Crippen LogP contribution in [0, 0.1) is 12.8 Å². The minimum atomic E-state index is -0.0231. The summed E-state index contributed by atoms with van der Waals surface area (Å²) in [4.78, 5) is 20.7. The lowest BCUT2D eigenvalue weighted by molar-refractivity contribution is -0.119. The van der Waals surface area contributed by atoms with E-state index < -0.39 is 0 Å². The Morgan fingerprint density at radius 1 is 1.30 bits per heavy atom. The van der Waals surface area contributed by atoms with Gasteiger partial charge in [0.15, 0.2) is 5.82 Å². The molecule has 0 saturated carbocycles. The van der Waals surface area contributed by atoms with Crippen LogP contribution < -0.4 is 5.32 Å². The predicted molar refractivity (Wildman–Crippen MR) is 80.3 cm³/mol. The maximum absolute atomic E-state index is 11.9. The molecular formula is C16H19N3O. The highest BCUT2D eigenvalue weighted by atomic mass is 16.1. The highest BCUT2D eigenvalue weighted by Crippen LogP contribution is 2.19. The number of aryl methyl sites for hydroxylation is 1. The Morgan fingerprint density at radius 3 is 2.60 bits per heavy atom. The number of hydrogen-bond donors (Lipinski definition) is 1. The largest absolute Gasteiger partial charge is 0.309 e. The topological polar surface area (TPSA) is 54.9 Å². The fraction of sp³-hybridized carbons (Fsp3) is 0.312. The van der Waals surface area contributed by atoms with Gasteiger partial charge in [0.25, 0.3) is 0 Å². The number of nitrogens with one attached hydrogen (secondary N) is 1. The molecule has 1 N–H and O–H groups in total. The monoisotopic (exact) mass is 269 g/mol. The molecule has 4 heteroatoms. The van der Waals surface area contributed by atoms with E-state index in [-0.39, 0.29) is 11.8 Å². The van der Waals surface area contributed by atoms with Crippen LogP contribution in [-0.4, -0.2) is 15.9 Å². The molecule has 0 aliphatic heterocycles. The summed E-state index contributed by atoms with van der Waals surface area (Å²) < 4.78 is 0. The maximum atomic E-state index is 11.9. The van der Waals surface area contributed by atoms with E-state index in [2.05, 4.69) is 15.3 Å². The van der Waals surface area contributed by atoms with Crippen molar-refractivity contribution in [2.75, 3.05) is 5.32 Å². The number of carbonyl (C=O) groups is 1. The Balaban J connectivity index is 2.21. The van der Waals surface area contributed by atoms with Crippen molar-refractivity contribution >= 4 is 11.7 Å². The van der Waals surface area contributed by atoms with Crippen molar-refractivity contribution in [1.29, 1.82) is 0 Å². The van der Waals surface area contributed by atoms with Crippen molar-refractivity contribution in [1.82, 2.24) is 9.97 Å². The number of amides is 1. The van der Waals surface area contributed by atoms with E-state index in [9.17, 15) is 4.79 Å². The normalized spacial score (nSPS) is 11.9. The SMILES string of the molecule is CCC(C)C(=O)Nc1ncc(-c2ccccc2)nc1C. The molecule has 1 aromatic carbocycles. The van der Waals surface area contributed by atoms with E-state index in [1.807, 2.05) is 51.1 Å². The van der Waals surface area contributed by atoms with Crippen LogP contribution in [0.1, 0.15) is 26.0 Å². The van der Waals surface area contributed by atoms with Gasteiger partial charge in [0.1, 0.15) is 0 Å². The van der Waals surface area contributed by atoms with E-state index >= 15 is 0 Å². The standard InChI is InChI=1S/C16H19N3O/c1-4-11(2)16(20)19-15-12(3)18-14(10-17-15)13-8-6-5-7-9-13/h5-11H,4H2,1-3H3,(H,17,19,20). The minimum Gasteiger partial charge on any atom is -0.309 e. The van der Waals surface area contributed by atoms with Crippen LogP contribution in [0.15, 0.2) is 36.5 Å². The lowest BCUT2D eigenvalue weighted by Gasteiger charge is -2.11. The van der Waals surface area contributed by atoms with Crippen LogP contribution in [0.3, 0.4) is 0 Å². The molecule has 1 amide bonds. The summed E-state index contributed by atoms with van der Waals surface area (Å²) in [5, 5.41) is 2.83. The Morgan fingerprint density at radius 2 is 2.00 bits per heavy atom. The van der Waals surface area contributed by atoms with E-state index in [0.717, 1.165) is 23.4 Å². The van der Waals surface area contributed by atoms with Gasteiger partial charge in [-0.25, -0.2) is 9.97 Å². The fourth-order valence-electron chi connectivity index (χ4n) is 1.78. The van der Waals surface area contributed by atoms with Gasteiger partial charge in [-0.15, -0.1) is 0 Å². The lowest BCUT2D eigenvalue weighted by atomic mass is 10.1. The van der Waals surface area contributed by atoms with Gasteiger partial charge in [0.05, 0.1) is 17.6 Å². The molecule has 4 nitrogen and oxygen atoms in total. The predicted octanol–water partition coefficient (Wildman–Crippen LogP) is 3.44. The number of rotatable bonds is 4. The molecule has 1 aromatic heterocycles. The molecule has 0 spiro atoms. The van der Waals surface area contributed by atoms with Gasteiger partial charge < -0.3 is 5.32 Å². The highest BCUT2D eigenvalue weighted by Gasteiger charge is 2.13. The summed E-state index contributed by atoms with van der Waals surface area (Å²) in [6, 6.07) is 9.86. The summed E-state index contributed by atoms with van der Waals surface area (Å²) in [5.74, 6) is 0.498. The van der Waals surface area contributed by atoms with Gasteiger partial charge in [-0.3, -0.25) is 4.79 Å². The molecule has 2 aromatic rings. The number of benzene rings is 1. The van der Waals surface area contributed by atoms with Crippen molar-refractivity contribution < 1.29 is 4.79 Å². The molecule has 104 valence electrons. The lowest BCUT2D eigenvalue weighted by Crippen LogP contribution is -2.21. The van der Waals surface area contributed by atoms with Crippen molar-refractivity contribution in [3.63, 3.8) is 0 Å². The van der Waals surface area contributed by atoms with E-state index in [4.69, 9.17) is 0 Å². The second-order valence-electron chi connectivity index (χ2n) is 4.85. The molecule has 20 heavy (non-hydrogen) atoms. The number of anilines is 1. The second-order valence-corrected chi connectivity index (χ2v) is 4.85. The molecule has 0 aliphatic carbocycles. The number of nitrogens with zero attached hydrogens (tertiary/aromatic N) is 2. The summed E-state index contributed by atoms with van der Waals surface area (Å²) >= 11 is 0. The van der Waals surface area contributed by atoms with E-state index in [0.29, 0.717) is 5.82 Å². The first kappa shape index (κ1) is 14.2. The Labute approximate surface area is 119 Å². The van der Waals surface area contributed by atoms with Crippen LogP contribution in [0.4, 0.5) is 5.82 Å². The average Bonchev–Trinajstić information content (AvgIpc) is 2.49. The van der Waals surface area contributed by atoms with Gasteiger partial charge in [0.2, 0.25) is 5.91 Å². The van der Waals surface area contributed by atoms with E-state index in [1.165, 1.54) is 0 Å². The van der Waals surface area contributed by atoms with E-state index in [1.54, 1.807) is 6.20 Å². The third-order valence-corrected chi connectivity index (χ3v) is 3.32. The van der Waals surface area contributed by atoms with Crippen LogP contribution in [0.25, 0.3) is 11.3 Å². The molecule has 0 aliphatic rings. The first-order valence-corrected chi connectivity index (χ1v) is 6.81. The van der Waals surface area contributed by atoms with Gasteiger partial charge >= 0.3 is 0 Å². The molecule has 0 bridgehead atoms. The summed E-state index contributed by atoms with van der Waals surface area (Å²) in [7, 11) is 0. The van der Waals surface area contributed by atoms with Gasteiger partial charge in [-0.2, -0.15) is 0 Å². The minimum absolute atomic E-state index is 0.0163. The number of carbonyl (C=O) groups excluding carboxylic acids is 1. The van der Waals surface area contributed by atoms with Crippen LogP contribution in [0.5, 0.6) is 0 Å². The zero-order valence-electron chi connectivity index (χ0n) is 12.1. The smallest absolute Gasteiger partial charge is 0.228 e. The van der Waals surface area contributed by atoms with Gasteiger partial charge in [-0.1, -0.05) is 44.2 Å². The Bertz CT molecular complexity index is 596. The van der Waals surface area contributed by atoms with Gasteiger partial charge in [0, 0.05) is 11.5 Å². The third kappa shape index (κ3) is 3.20. The third-order valence-electron chi connectivity index (χ3n) is 3.32. The zero-order chi connectivity index (χ0) is 14.5. The Hall–Kier alpha value is -2.23. The highest BCUT2D eigenvalue weighted by molar-refractivity contribution is 5.91. The zero-order valence-corrected chi connectivity index (χ0v) is 12.1. The molecule has 0 saturated heterocycles. The Kier molecular flexibility index (Phi) is 4.45. The van der Waals surface area contributed by atoms with Crippen molar-refractivity contribution in [3.8, 4) is 11.3 Å². The average molecular weight is 269 g/mol.